The Hall–Kier alpha value is -2.82. The van der Waals surface area contributed by atoms with Gasteiger partial charge in [-0.1, -0.05) is 29.4 Å². The predicted molar refractivity (Wildman–Crippen MR) is 119 cm³/mol. The summed E-state index contributed by atoms with van der Waals surface area (Å²) in [6.45, 7) is 4.60. The van der Waals surface area contributed by atoms with Gasteiger partial charge in [0.25, 0.3) is 5.91 Å². The Balaban J connectivity index is 1.74. The summed E-state index contributed by atoms with van der Waals surface area (Å²) < 4.78 is 22.5. The third-order valence-electron chi connectivity index (χ3n) is 5.69. The van der Waals surface area contributed by atoms with E-state index in [0.717, 1.165) is 22.9 Å². The molecule has 0 aliphatic carbocycles. The first-order chi connectivity index (χ1) is 14.8. The SMILES string of the molecule is CC(C)(O)c1cc(-c2ccc(C3=NOC(CC(C)(C(=O)NO)S(C)(=O)=O)C3)cc2)ccn1. The quantitative estimate of drug-likeness (QED) is 0.424. The highest BCUT2D eigenvalue weighted by Crippen LogP contribution is 2.30. The molecule has 3 N–H and O–H groups in total. The molecule has 9 nitrogen and oxygen atoms in total. The molecule has 2 aromatic rings. The molecular formula is C22H27N3O6S. The van der Waals surface area contributed by atoms with E-state index in [-0.39, 0.29) is 6.42 Å². The van der Waals surface area contributed by atoms with Gasteiger partial charge in [0.1, 0.15) is 11.7 Å². The maximum absolute atomic E-state index is 12.2. The molecule has 0 saturated heterocycles. The molecule has 0 saturated carbocycles. The number of carbonyl (C=O) groups excluding carboxylic acids is 1. The third-order valence-corrected chi connectivity index (χ3v) is 7.68. The fourth-order valence-electron chi connectivity index (χ4n) is 3.47. The van der Waals surface area contributed by atoms with E-state index >= 15 is 0 Å². The lowest BCUT2D eigenvalue weighted by molar-refractivity contribution is -0.132. The van der Waals surface area contributed by atoms with Crippen molar-refractivity contribution >= 4 is 21.5 Å². The highest BCUT2D eigenvalue weighted by Gasteiger charge is 2.47. The van der Waals surface area contributed by atoms with Crippen molar-refractivity contribution in [3.63, 3.8) is 0 Å². The number of sulfone groups is 1. The lowest BCUT2D eigenvalue weighted by atomic mass is 9.95. The van der Waals surface area contributed by atoms with Gasteiger partial charge < -0.3 is 9.94 Å². The van der Waals surface area contributed by atoms with E-state index < -0.39 is 32.2 Å². The van der Waals surface area contributed by atoms with Gasteiger partial charge in [-0.2, -0.15) is 0 Å². The fraction of sp³-hybridized carbons (Fsp3) is 0.409. The number of hydrogen-bond acceptors (Lipinski definition) is 8. The van der Waals surface area contributed by atoms with Gasteiger partial charge >= 0.3 is 0 Å². The summed E-state index contributed by atoms with van der Waals surface area (Å²) in [7, 11) is -3.82. The number of pyridine rings is 1. The van der Waals surface area contributed by atoms with Crippen LogP contribution in [0.2, 0.25) is 0 Å². The summed E-state index contributed by atoms with van der Waals surface area (Å²) in [5.41, 5.74) is 4.23. The zero-order chi connectivity index (χ0) is 23.7. The molecule has 0 fully saturated rings. The van der Waals surface area contributed by atoms with Crippen molar-refractivity contribution in [1.82, 2.24) is 10.5 Å². The first-order valence-corrected chi connectivity index (χ1v) is 11.9. The number of carbonyl (C=O) groups is 1. The molecule has 0 spiro atoms. The van der Waals surface area contributed by atoms with Crippen LogP contribution in [-0.2, 0) is 25.1 Å². The minimum atomic E-state index is -3.82. The van der Waals surface area contributed by atoms with Gasteiger partial charge in [-0.05, 0) is 49.6 Å². The number of aliphatic hydroxyl groups is 1. The molecule has 3 rings (SSSR count). The van der Waals surface area contributed by atoms with Gasteiger partial charge in [0.15, 0.2) is 14.6 Å². The zero-order valence-corrected chi connectivity index (χ0v) is 19.2. The predicted octanol–water partition coefficient (Wildman–Crippen LogP) is 2.17. The summed E-state index contributed by atoms with van der Waals surface area (Å²) in [6, 6.07) is 11.3. The summed E-state index contributed by atoms with van der Waals surface area (Å²) in [4.78, 5) is 21.6. The summed E-state index contributed by atoms with van der Waals surface area (Å²) in [5.74, 6) is -1.01. The van der Waals surface area contributed by atoms with Gasteiger partial charge in [-0.3, -0.25) is 15.0 Å². The van der Waals surface area contributed by atoms with E-state index in [1.54, 1.807) is 20.0 Å². The van der Waals surface area contributed by atoms with E-state index in [1.165, 1.54) is 12.4 Å². The summed E-state index contributed by atoms with van der Waals surface area (Å²) >= 11 is 0. The fourth-order valence-corrected chi connectivity index (χ4v) is 4.34. The highest BCUT2D eigenvalue weighted by atomic mass is 32.2. The minimum Gasteiger partial charge on any atom is -0.392 e. The molecule has 2 atom stereocenters. The van der Waals surface area contributed by atoms with Crippen LogP contribution in [-0.4, -0.2) is 52.4 Å². The molecule has 2 unspecified atom stereocenters. The number of benzene rings is 1. The number of nitrogens with one attached hydrogen (secondary N) is 1. The first-order valence-electron chi connectivity index (χ1n) is 10.0. The van der Waals surface area contributed by atoms with E-state index in [1.807, 2.05) is 36.4 Å². The van der Waals surface area contributed by atoms with Crippen LogP contribution in [0.4, 0.5) is 0 Å². The Bertz CT molecular complexity index is 1140. The molecule has 1 amide bonds. The van der Waals surface area contributed by atoms with Crippen LogP contribution in [0.15, 0.2) is 47.8 Å². The number of aromatic nitrogens is 1. The Morgan fingerprint density at radius 3 is 2.34 bits per heavy atom. The second-order valence-electron chi connectivity index (χ2n) is 8.68. The second-order valence-corrected chi connectivity index (χ2v) is 11.1. The van der Waals surface area contributed by atoms with Crippen molar-refractivity contribution in [2.24, 2.45) is 5.16 Å². The van der Waals surface area contributed by atoms with Crippen LogP contribution in [0, 0.1) is 0 Å². The van der Waals surface area contributed by atoms with Crippen molar-refractivity contribution in [3.05, 3.63) is 53.9 Å². The summed E-state index contributed by atoms with van der Waals surface area (Å²) in [6.07, 6.45) is 2.13. The van der Waals surface area contributed by atoms with Crippen LogP contribution in [0.5, 0.6) is 0 Å². The van der Waals surface area contributed by atoms with Gasteiger partial charge in [0.2, 0.25) is 0 Å². The number of rotatable bonds is 7. The van der Waals surface area contributed by atoms with Gasteiger partial charge in [0.05, 0.1) is 11.4 Å². The van der Waals surface area contributed by atoms with E-state index in [4.69, 9.17) is 10.0 Å². The van der Waals surface area contributed by atoms with Crippen molar-refractivity contribution in [3.8, 4) is 11.1 Å². The zero-order valence-electron chi connectivity index (χ0n) is 18.4. The lowest BCUT2D eigenvalue weighted by Crippen LogP contribution is -2.51. The molecule has 2 heterocycles. The number of hydroxylamine groups is 1. The molecule has 32 heavy (non-hydrogen) atoms. The molecule has 0 bridgehead atoms. The van der Waals surface area contributed by atoms with E-state index in [9.17, 15) is 18.3 Å². The van der Waals surface area contributed by atoms with Crippen LogP contribution < -0.4 is 5.48 Å². The number of oxime groups is 1. The highest BCUT2D eigenvalue weighted by molar-refractivity contribution is 7.92. The van der Waals surface area contributed by atoms with E-state index in [0.29, 0.717) is 17.8 Å². The molecule has 1 aliphatic heterocycles. The van der Waals surface area contributed by atoms with Gasteiger partial charge in [-0.25, -0.2) is 13.9 Å². The average molecular weight is 462 g/mol. The van der Waals surface area contributed by atoms with Crippen molar-refractivity contribution in [2.75, 3.05) is 6.26 Å². The maximum atomic E-state index is 12.2. The van der Waals surface area contributed by atoms with Crippen molar-refractivity contribution in [1.29, 1.82) is 0 Å². The lowest BCUT2D eigenvalue weighted by Gasteiger charge is -2.26. The van der Waals surface area contributed by atoms with Crippen molar-refractivity contribution < 1.29 is 28.4 Å². The minimum absolute atomic E-state index is 0.153. The molecular weight excluding hydrogens is 434 g/mol. The van der Waals surface area contributed by atoms with Gasteiger partial charge in [0, 0.05) is 25.3 Å². The Labute approximate surface area is 187 Å². The maximum Gasteiger partial charge on any atom is 0.264 e. The largest absolute Gasteiger partial charge is 0.392 e. The number of hydrogen-bond donors (Lipinski definition) is 3. The van der Waals surface area contributed by atoms with Gasteiger partial charge in [-0.15, -0.1) is 0 Å². The average Bonchev–Trinajstić information content (AvgIpc) is 3.20. The molecule has 1 aromatic heterocycles. The summed E-state index contributed by atoms with van der Waals surface area (Å²) in [5, 5.41) is 23.2. The molecule has 1 aliphatic rings. The number of nitrogens with zero attached hydrogens (tertiary/aromatic N) is 2. The number of amides is 1. The van der Waals surface area contributed by atoms with Crippen LogP contribution >= 0.6 is 0 Å². The molecule has 0 radical (unpaired) electrons. The Morgan fingerprint density at radius 2 is 1.78 bits per heavy atom. The topological polar surface area (TPSA) is 138 Å². The van der Waals surface area contributed by atoms with Crippen LogP contribution in [0.1, 0.15) is 44.9 Å². The standard InChI is InChI=1S/C22H27N3O6S/c1-21(2,27)19-11-16(9-10-23-19)14-5-7-15(8-6-14)18-12-17(31-25-18)13-22(3,20(26)24-28)32(4,29)30/h5-11,17,27-28H,12-13H2,1-4H3,(H,24,26). The normalized spacial score (nSPS) is 18.4. The first kappa shape index (κ1) is 23.8. The monoisotopic (exact) mass is 461 g/mol. The third kappa shape index (κ3) is 4.82. The smallest absolute Gasteiger partial charge is 0.264 e. The van der Waals surface area contributed by atoms with E-state index in [2.05, 4.69) is 10.1 Å². The molecule has 1 aromatic carbocycles. The van der Waals surface area contributed by atoms with Crippen LogP contribution in [0.3, 0.4) is 0 Å². The Morgan fingerprint density at radius 1 is 1.16 bits per heavy atom. The molecule has 10 heteroatoms. The Kier molecular flexibility index (Phi) is 6.41. The second kappa shape index (κ2) is 8.61. The van der Waals surface area contributed by atoms with Crippen molar-refractivity contribution in [2.45, 2.75) is 50.1 Å². The molecule has 172 valence electrons. The van der Waals surface area contributed by atoms with Crippen LogP contribution in [0.25, 0.3) is 11.1 Å².